The Morgan fingerprint density at radius 3 is 1.86 bits per heavy atom. The average Bonchev–Trinajstić information content (AvgIpc) is 3.69. The lowest BCUT2D eigenvalue weighted by molar-refractivity contribution is -0.317. The van der Waals surface area contributed by atoms with Crippen molar-refractivity contribution in [2.24, 2.45) is 34.5 Å². The van der Waals surface area contributed by atoms with E-state index in [-0.39, 0.29) is 42.2 Å². The van der Waals surface area contributed by atoms with Crippen molar-refractivity contribution in [2.75, 3.05) is 48.6 Å². The van der Waals surface area contributed by atoms with Gasteiger partial charge in [-0.3, -0.25) is 4.79 Å². The second kappa shape index (κ2) is 21.9. The topological polar surface area (TPSA) is 133 Å². The van der Waals surface area contributed by atoms with Crippen LogP contribution in [0.3, 0.4) is 0 Å². The van der Waals surface area contributed by atoms with Crippen molar-refractivity contribution >= 4 is 11.9 Å². The summed E-state index contributed by atoms with van der Waals surface area (Å²) in [5.74, 6) is -2.78. The Hall–Kier alpha value is -2.12. The third-order valence-corrected chi connectivity index (χ3v) is 17.7. The monoisotopic (exact) mass is 896 g/mol. The molecule has 1 unspecified atom stereocenters. The van der Waals surface area contributed by atoms with E-state index in [2.05, 4.69) is 18.9 Å². The number of esters is 2. The smallest absolute Gasteiger partial charge is 0.338 e. The number of hydrogen-bond donors (Lipinski definition) is 2. The lowest BCUT2D eigenvalue weighted by Gasteiger charge is -2.69. The van der Waals surface area contributed by atoms with Gasteiger partial charge in [-0.1, -0.05) is 141 Å². The van der Waals surface area contributed by atoms with Crippen LogP contribution in [0.2, 0.25) is 0 Å². The molecule has 2 N–H and O–H groups in total. The van der Waals surface area contributed by atoms with E-state index in [9.17, 15) is 19.8 Å². The SMILES string of the molecule is CCCCCCCCCCCCCCCCCCCCCC(=O)O[C@]12[C@H]3[C@@H](OC(=O)c4ccccc4)[C@](O)(C[C@H]3[C@@]34C5[C@@H]1[C@H](OC)[C@@H]3[C@@](COC)(CC[C@@H]4OC)CN5C)[C@@H](OC)[C@@H]2O. The largest absolute Gasteiger partial charge is 0.455 e. The van der Waals surface area contributed by atoms with Crippen LogP contribution in [0.1, 0.15) is 165 Å². The maximum atomic E-state index is 14.5. The molecule has 362 valence electrons. The molecule has 6 fully saturated rings. The van der Waals surface area contributed by atoms with Crippen LogP contribution in [-0.2, 0) is 33.2 Å². The standard InChI is InChI=1S/C53H85NO10/c1-7-8-9-10-11-12-13-14-15-16-17-18-19-20-21-22-23-24-28-31-40(55)64-53-41-38(34-51(58,48(62-6)46(53)56)47(41)63-49(57)37-29-26-25-27-30-37)52-39(60-4)32-33-50(36-59-3)35-54(2)45(52)42(53)43(61-5)44(50)52/h25-27,29-30,38-39,41-48,56,58H,7-24,28,31-36H2,1-6H3/t38-,39+,41-,42+,43+,44-,45?,46+,47-,48+,50+,51-,52+,53-/m1/s1. The maximum Gasteiger partial charge on any atom is 0.338 e. The first-order valence-corrected chi connectivity index (χ1v) is 25.7. The van der Waals surface area contributed by atoms with Gasteiger partial charge in [-0.05, 0) is 50.8 Å². The Morgan fingerprint density at radius 1 is 0.750 bits per heavy atom. The van der Waals surface area contributed by atoms with Gasteiger partial charge in [-0.25, -0.2) is 4.79 Å². The molecule has 5 aliphatic carbocycles. The van der Waals surface area contributed by atoms with Gasteiger partial charge in [0.05, 0.1) is 24.4 Å². The molecule has 1 aromatic rings. The van der Waals surface area contributed by atoms with Gasteiger partial charge in [0.1, 0.15) is 23.9 Å². The Morgan fingerprint density at radius 2 is 1.33 bits per heavy atom. The van der Waals surface area contributed by atoms with Crippen LogP contribution in [0.4, 0.5) is 0 Å². The van der Waals surface area contributed by atoms with Crippen molar-refractivity contribution in [3.8, 4) is 0 Å². The number of fused-ring (bicyclic) bond motifs is 2. The van der Waals surface area contributed by atoms with Gasteiger partial charge >= 0.3 is 11.9 Å². The fourth-order valence-electron chi connectivity index (χ4n) is 15.6. The summed E-state index contributed by atoms with van der Waals surface area (Å²) in [6.07, 6.45) is 21.7. The zero-order valence-electron chi connectivity index (χ0n) is 40.4. The summed E-state index contributed by atoms with van der Waals surface area (Å²) in [5, 5.41) is 26.0. The highest BCUT2D eigenvalue weighted by Crippen LogP contribution is 2.80. The number of carbonyl (C=O) groups is 2. The molecule has 14 atom stereocenters. The zero-order valence-corrected chi connectivity index (χ0v) is 40.4. The van der Waals surface area contributed by atoms with Crippen molar-refractivity contribution in [3.05, 3.63) is 35.9 Å². The van der Waals surface area contributed by atoms with Crippen LogP contribution >= 0.6 is 0 Å². The van der Waals surface area contributed by atoms with Gasteiger partial charge in [0.25, 0.3) is 0 Å². The fraction of sp³-hybridized carbons (Fsp3) is 0.849. The third-order valence-electron chi connectivity index (χ3n) is 17.7. The molecule has 11 heteroatoms. The number of ether oxygens (including phenoxy) is 6. The van der Waals surface area contributed by atoms with E-state index in [0.717, 1.165) is 38.6 Å². The number of nitrogens with zero attached hydrogens (tertiary/aromatic N) is 1. The molecule has 1 aliphatic heterocycles. The van der Waals surface area contributed by atoms with Crippen LogP contribution in [0.15, 0.2) is 30.3 Å². The molecule has 0 amide bonds. The molecule has 1 spiro atoms. The lowest BCUT2D eigenvalue weighted by Crippen LogP contribution is -2.80. The highest BCUT2D eigenvalue weighted by Gasteiger charge is 2.91. The molecule has 1 saturated heterocycles. The summed E-state index contributed by atoms with van der Waals surface area (Å²) in [4.78, 5) is 31.0. The van der Waals surface area contributed by atoms with Gasteiger partial charge in [0.15, 0.2) is 5.60 Å². The Balaban J connectivity index is 1.04. The number of benzene rings is 1. The van der Waals surface area contributed by atoms with Gasteiger partial charge < -0.3 is 43.5 Å². The van der Waals surface area contributed by atoms with Crippen LogP contribution < -0.4 is 0 Å². The highest BCUT2D eigenvalue weighted by atomic mass is 16.6. The van der Waals surface area contributed by atoms with Crippen LogP contribution in [0.25, 0.3) is 0 Å². The van der Waals surface area contributed by atoms with Crippen LogP contribution in [-0.4, -0.2) is 123 Å². The molecule has 7 rings (SSSR count). The number of rotatable bonds is 28. The normalized spacial score (nSPS) is 38.1. The molecular weight excluding hydrogens is 811 g/mol. The van der Waals surface area contributed by atoms with E-state index in [0.29, 0.717) is 18.6 Å². The summed E-state index contributed by atoms with van der Waals surface area (Å²) in [7, 11) is 8.84. The van der Waals surface area contributed by atoms with Gasteiger partial charge in [-0.15, -0.1) is 0 Å². The van der Waals surface area contributed by atoms with Crippen molar-refractivity contribution in [1.82, 2.24) is 4.90 Å². The first-order valence-electron chi connectivity index (χ1n) is 25.7. The summed E-state index contributed by atoms with van der Waals surface area (Å²) >= 11 is 0. The van der Waals surface area contributed by atoms with E-state index < -0.39 is 64.8 Å². The average molecular weight is 896 g/mol. The van der Waals surface area contributed by atoms with Gasteiger partial charge in [-0.2, -0.15) is 0 Å². The van der Waals surface area contributed by atoms with Crippen molar-refractivity contribution in [2.45, 2.75) is 202 Å². The minimum atomic E-state index is -1.77. The molecule has 1 aromatic carbocycles. The van der Waals surface area contributed by atoms with E-state index in [1.54, 1.807) is 45.6 Å². The maximum absolute atomic E-state index is 14.5. The third kappa shape index (κ3) is 8.77. The summed E-state index contributed by atoms with van der Waals surface area (Å²) in [6, 6.07) is 8.55. The first kappa shape index (κ1) is 49.8. The molecule has 7 bridgehead atoms. The lowest BCUT2D eigenvalue weighted by atomic mass is 9.43. The van der Waals surface area contributed by atoms with E-state index in [1.807, 2.05) is 6.07 Å². The molecule has 6 aliphatic rings. The molecule has 0 radical (unpaired) electrons. The van der Waals surface area contributed by atoms with Crippen LogP contribution in [0, 0.1) is 34.5 Å². The number of hydrogen-bond acceptors (Lipinski definition) is 11. The quantitative estimate of drug-likeness (QED) is 0.0617. The minimum absolute atomic E-state index is 0.109. The fourth-order valence-corrected chi connectivity index (χ4v) is 15.6. The van der Waals surface area contributed by atoms with E-state index >= 15 is 0 Å². The number of aliphatic hydroxyl groups is 2. The molecule has 64 heavy (non-hydrogen) atoms. The molecule has 11 nitrogen and oxygen atoms in total. The number of methoxy groups -OCH3 is 4. The molecule has 0 aromatic heterocycles. The predicted molar refractivity (Wildman–Crippen MR) is 247 cm³/mol. The summed E-state index contributed by atoms with van der Waals surface area (Å²) in [6.45, 7) is 3.52. The van der Waals surface area contributed by atoms with Gasteiger partial charge in [0.2, 0.25) is 0 Å². The molecule has 5 saturated carbocycles. The molecule has 1 heterocycles. The summed E-state index contributed by atoms with van der Waals surface area (Å²) in [5.41, 5.74) is -3.97. The van der Waals surface area contributed by atoms with Crippen molar-refractivity contribution in [1.29, 1.82) is 0 Å². The molecular formula is C53H85NO10. The van der Waals surface area contributed by atoms with Gasteiger partial charge in [0, 0.05) is 76.0 Å². The second-order valence-electron chi connectivity index (χ2n) is 21.2. The Bertz CT molecular complexity index is 1650. The van der Waals surface area contributed by atoms with E-state index in [1.165, 1.54) is 103 Å². The Labute approximate surface area is 385 Å². The number of piperidine rings is 1. The van der Waals surface area contributed by atoms with Crippen molar-refractivity contribution in [3.63, 3.8) is 0 Å². The summed E-state index contributed by atoms with van der Waals surface area (Å²) < 4.78 is 38.9. The van der Waals surface area contributed by atoms with E-state index in [4.69, 9.17) is 28.4 Å². The second-order valence-corrected chi connectivity index (χ2v) is 21.2. The number of unbranched alkanes of at least 4 members (excludes halogenated alkanes) is 18. The number of aliphatic hydroxyl groups excluding tert-OH is 1. The zero-order chi connectivity index (χ0) is 45.5. The first-order chi connectivity index (χ1) is 31.1. The number of likely N-dealkylation sites (tertiary alicyclic amines) is 1. The van der Waals surface area contributed by atoms with Crippen LogP contribution in [0.5, 0.6) is 0 Å². The predicted octanol–water partition coefficient (Wildman–Crippen LogP) is 9.09. The Kier molecular flexibility index (Phi) is 17.0. The number of carbonyl (C=O) groups excluding carboxylic acids is 2. The highest BCUT2D eigenvalue weighted by molar-refractivity contribution is 5.89. The van der Waals surface area contributed by atoms with Crippen molar-refractivity contribution < 1.29 is 48.2 Å². The minimum Gasteiger partial charge on any atom is -0.455 e.